The zero-order chi connectivity index (χ0) is 13.4. The quantitative estimate of drug-likeness (QED) is 0.933. The minimum absolute atomic E-state index is 0.756. The van der Waals surface area contributed by atoms with Crippen LogP contribution in [0.3, 0.4) is 0 Å². The van der Waals surface area contributed by atoms with Gasteiger partial charge < -0.3 is 10.2 Å². The van der Waals surface area contributed by atoms with E-state index in [4.69, 9.17) is 4.98 Å². The molecule has 0 spiro atoms. The van der Waals surface area contributed by atoms with E-state index >= 15 is 0 Å². The van der Waals surface area contributed by atoms with Crippen molar-refractivity contribution in [3.63, 3.8) is 0 Å². The second kappa shape index (κ2) is 5.13. The second-order valence-corrected chi connectivity index (χ2v) is 6.45. The van der Waals surface area contributed by atoms with E-state index in [0.717, 1.165) is 43.0 Å². The van der Waals surface area contributed by atoms with E-state index in [0.29, 0.717) is 0 Å². The van der Waals surface area contributed by atoms with Crippen LogP contribution in [0.15, 0.2) is 11.6 Å². The maximum atomic E-state index is 4.84. The lowest BCUT2D eigenvalue weighted by Gasteiger charge is -2.17. The van der Waals surface area contributed by atoms with E-state index in [9.17, 15) is 0 Å². The van der Waals surface area contributed by atoms with Crippen molar-refractivity contribution in [1.29, 1.82) is 0 Å². The van der Waals surface area contributed by atoms with Crippen LogP contribution in [-0.2, 0) is 6.54 Å². The topological polar surface area (TPSA) is 32.6 Å². The number of nitrogens with one attached hydrogen (secondary N) is 1. The molecule has 0 aromatic carbocycles. The third-order valence-corrected chi connectivity index (χ3v) is 4.93. The van der Waals surface area contributed by atoms with Crippen molar-refractivity contribution in [3.8, 4) is 0 Å². The van der Waals surface area contributed by atoms with Crippen LogP contribution in [0.4, 0.5) is 5.82 Å². The predicted molar refractivity (Wildman–Crippen MR) is 81.0 cm³/mol. The van der Waals surface area contributed by atoms with Crippen LogP contribution >= 0.6 is 11.3 Å². The maximum absolute atomic E-state index is 4.84. The highest BCUT2D eigenvalue weighted by Crippen LogP contribution is 2.31. The summed E-state index contributed by atoms with van der Waals surface area (Å²) in [6, 6.07) is 0. The summed E-state index contributed by atoms with van der Waals surface area (Å²) in [6.45, 7) is 11.0. The van der Waals surface area contributed by atoms with Gasteiger partial charge in [-0.05, 0) is 18.4 Å². The molecule has 1 saturated heterocycles. The molecule has 104 valence electrons. The molecular weight excluding hydrogens is 256 g/mol. The molecule has 1 aliphatic rings. The average Bonchev–Trinajstić information content (AvgIpc) is 3.03. The Labute approximate surface area is 118 Å². The first-order valence-corrected chi connectivity index (χ1v) is 7.98. The smallest absolute Gasteiger partial charge is 0.195 e. The number of aromatic nitrogens is 2. The second-order valence-electron chi connectivity index (χ2n) is 5.58. The minimum Gasteiger partial charge on any atom is -0.354 e. The lowest BCUT2D eigenvalue weighted by Crippen LogP contribution is -2.23. The van der Waals surface area contributed by atoms with Gasteiger partial charge in [-0.1, -0.05) is 20.8 Å². The van der Waals surface area contributed by atoms with Gasteiger partial charge in [-0.15, -0.1) is 11.3 Å². The van der Waals surface area contributed by atoms with Gasteiger partial charge in [-0.25, -0.2) is 4.98 Å². The Kier molecular flexibility index (Phi) is 3.50. The Morgan fingerprint density at radius 2 is 2.11 bits per heavy atom. The van der Waals surface area contributed by atoms with Crippen molar-refractivity contribution in [2.24, 2.45) is 11.8 Å². The lowest BCUT2D eigenvalue weighted by atomic mass is 10.0. The number of hydrogen-bond acceptors (Lipinski definition) is 4. The van der Waals surface area contributed by atoms with Gasteiger partial charge in [0.05, 0.1) is 5.69 Å². The van der Waals surface area contributed by atoms with Crippen molar-refractivity contribution in [2.45, 2.75) is 27.3 Å². The molecule has 2 unspecified atom stereocenters. The minimum atomic E-state index is 0.756. The van der Waals surface area contributed by atoms with Crippen LogP contribution in [0.2, 0.25) is 0 Å². The van der Waals surface area contributed by atoms with Gasteiger partial charge >= 0.3 is 0 Å². The third kappa shape index (κ3) is 2.25. The van der Waals surface area contributed by atoms with Gasteiger partial charge in [0.25, 0.3) is 0 Å². The van der Waals surface area contributed by atoms with Crippen LogP contribution in [0.5, 0.6) is 0 Å². The zero-order valence-corrected chi connectivity index (χ0v) is 12.7. The normalized spacial score (nSPS) is 23.6. The van der Waals surface area contributed by atoms with E-state index in [1.54, 1.807) is 11.3 Å². The fraction of sp³-hybridized carbons (Fsp3) is 0.643. The highest BCUT2D eigenvalue weighted by Gasteiger charge is 2.29. The van der Waals surface area contributed by atoms with Crippen molar-refractivity contribution >= 4 is 22.1 Å². The first kappa shape index (κ1) is 12.9. The summed E-state index contributed by atoms with van der Waals surface area (Å²) in [5.41, 5.74) is 1.31. The van der Waals surface area contributed by atoms with Crippen LogP contribution < -0.4 is 10.2 Å². The zero-order valence-electron chi connectivity index (χ0n) is 11.9. The molecule has 4 nitrogen and oxygen atoms in total. The number of fused-ring (bicyclic) bond motifs is 1. The van der Waals surface area contributed by atoms with E-state index in [1.165, 1.54) is 11.5 Å². The maximum Gasteiger partial charge on any atom is 0.195 e. The number of hydrogen-bond donors (Lipinski definition) is 1. The molecule has 0 bridgehead atoms. The van der Waals surface area contributed by atoms with E-state index in [-0.39, 0.29) is 0 Å². The Morgan fingerprint density at radius 3 is 2.79 bits per heavy atom. The van der Waals surface area contributed by atoms with Crippen LogP contribution in [-0.4, -0.2) is 29.0 Å². The fourth-order valence-corrected chi connectivity index (χ4v) is 3.51. The molecule has 2 aromatic rings. The Bertz CT molecular complexity index is 549. The van der Waals surface area contributed by atoms with E-state index in [2.05, 4.69) is 47.0 Å². The number of anilines is 1. The molecule has 3 rings (SSSR count). The van der Waals surface area contributed by atoms with Crippen LogP contribution in [0, 0.1) is 11.8 Å². The Morgan fingerprint density at radius 1 is 1.37 bits per heavy atom. The van der Waals surface area contributed by atoms with E-state index < -0.39 is 0 Å². The van der Waals surface area contributed by atoms with Crippen LogP contribution in [0.1, 0.15) is 26.5 Å². The van der Waals surface area contributed by atoms with Gasteiger partial charge in [-0.2, -0.15) is 0 Å². The molecule has 19 heavy (non-hydrogen) atoms. The van der Waals surface area contributed by atoms with Crippen molar-refractivity contribution < 1.29 is 0 Å². The van der Waals surface area contributed by atoms with Crippen LogP contribution in [0.25, 0.3) is 4.96 Å². The molecule has 5 heteroatoms. The number of imidazole rings is 1. The SMILES string of the molecule is CCNCc1c(N2CC(C)C(C)C2)nc2sccn12. The van der Waals surface area contributed by atoms with Gasteiger partial charge in [0.1, 0.15) is 0 Å². The molecule has 3 heterocycles. The molecule has 0 radical (unpaired) electrons. The van der Waals surface area contributed by atoms with E-state index in [1.807, 2.05) is 0 Å². The molecule has 1 aliphatic heterocycles. The van der Waals surface area contributed by atoms with Gasteiger partial charge in [-0.3, -0.25) is 4.40 Å². The van der Waals surface area contributed by atoms with Gasteiger partial charge in [0.2, 0.25) is 0 Å². The highest BCUT2D eigenvalue weighted by molar-refractivity contribution is 7.15. The predicted octanol–water partition coefficient (Wildman–Crippen LogP) is 2.60. The monoisotopic (exact) mass is 278 g/mol. The Balaban J connectivity index is 1.95. The summed E-state index contributed by atoms with van der Waals surface area (Å²) in [5.74, 6) is 2.70. The largest absolute Gasteiger partial charge is 0.354 e. The average molecular weight is 278 g/mol. The third-order valence-electron chi connectivity index (χ3n) is 4.17. The first-order chi connectivity index (χ1) is 9.20. The highest BCUT2D eigenvalue weighted by atomic mass is 32.1. The summed E-state index contributed by atoms with van der Waals surface area (Å²) in [4.78, 5) is 8.41. The number of rotatable bonds is 4. The summed E-state index contributed by atoms with van der Waals surface area (Å²) < 4.78 is 2.23. The Hall–Kier alpha value is -1.07. The summed E-state index contributed by atoms with van der Waals surface area (Å²) in [7, 11) is 0. The van der Waals surface area contributed by atoms with Crippen molar-refractivity contribution in [1.82, 2.24) is 14.7 Å². The van der Waals surface area contributed by atoms with Gasteiger partial charge in [0, 0.05) is 31.2 Å². The molecular formula is C14H22N4S. The van der Waals surface area contributed by atoms with Crippen molar-refractivity contribution in [2.75, 3.05) is 24.5 Å². The summed E-state index contributed by atoms with van der Waals surface area (Å²) in [6.07, 6.45) is 2.13. The molecule has 0 saturated carbocycles. The molecule has 1 N–H and O–H groups in total. The first-order valence-electron chi connectivity index (χ1n) is 7.10. The van der Waals surface area contributed by atoms with Gasteiger partial charge in [0.15, 0.2) is 10.8 Å². The standard InChI is InChI=1S/C14H22N4S/c1-4-15-7-12-13(16-14-18(12)5-6-19-14)17-8-10(2)11(3)9-17/h5-6,10-11,15H,4,7-9H2,1-3H3. The molecule has 0 aliphatic carbocycles. The molecule has 2 atom stereocenters. The molecule has 2 aromatic heterocycles. The number of thiazole rings is 1. The molecule has 1 fully saturated rings. The van der Waals surface area contributed by atoms with Crippen molar-refractivity contribution in [3.05, 3.63) is 17.3 Å². The molecule has 0 amide bonds. The fourth-order valence-electron chi connectivity index (χ4n) is 2.78. The lowest BCUT2D eigenvalue weighted by molar-refractivity contribution is 0.494. The summed E-state index contributed by atoms with van der Waals surface area (Å²) >= 11 is 1.71. The number of nitrogens with zero attached hydrogens (tertiary/aromatic N) is 3. The summed E-state index contributed by atoms with van der Waals surface area (Å²) in [5, 5.41) is 5.54.